The molecule has 1 aromatic rings. The van der Waals surface area contributed by atoms with Crippen molar-refractivity contribution in [3.05, 3.63) is 23.8 Å². The maximum atomic E-state index is 11.6. The molecule has 0 atom stereocenters. The van der Waals surface area contributed by atoms with Crippen molar-refractivity contribution in [3.8, 4) is 11.5 Å². The average Bonchev–Trinajstić information content (AvgIpc) is 2.39. The molecule has 19 heavy (non-hydrogen) atoms. The lowest BCUT2D eigenvalue weighted by Crippen LogP contribution is -2.38. The Bertz CT molecular complexity index is 461. The molecule has 0 heterocycles. The largest absolute Gasteiger partial charge is 0.504 e. The number of rotatable bonds is 6. The SMILES string of the molecule is COCCNC(=O)CNC(=O)c1ccc(O)c(O)c1. The smallest absolute Gasteiger partial charge is 0.251 e. The standard InChI is InChI=1S/C12H16N2O5/c1-19-5-4-13-11(17)7-14-12(18)8-2-3-9(15)10(16)6-8/h2-3,6,15-16H,4-5,7H2,1H3,(H,13,17)(H,14,18). The fourth-order valence-electron chi connectivity index (χ4n) is 1.28. The van der Waals surface area contributed by atoms with Crippen LogP contribution in [0, 0.1) is 0 Å². The molecule has 7 nitrogen and oxygen atoms in total. The molecule has 0 aliphatic heterocycles. The van der Waals surface area contributed by atoms with Gasteiger partial charge in [-0.05, 0) is 18.2 Å². The number of nitrogens with one attached hydrogen (secondary N) is 2. The van der Waals surface area contributed by atoms with E-state index in [-0.39, 0.29) is 23.8 Å². The number of aromatic hydroxyl groups is 2. The van der Waals surface area contributed by atoms with Gasteiger partial charge >= 0.3 is 0 Å². The van der Waals surface area contributed by atoms with Crippen molar-refractivity contribution < 1.29 is 24.5 Å². The van der Waals surface area contributed by atoms with Crippen LogP contribution >= 0.6 is 0 Å². The van der Waals surface area contributed by atoms with Crippen molar-refractivity contribution in [1.29, 1.82) is 0 Å². The summed E-state index contributed by atoms with van der Waals surface area (Å²) in [6.45, 7) is 0.584. The third-order valence-corrected chi connectivity index (χ3v) is 2.28. The van der Waals surface area contributed by atoms with Crippen LogP contribution in [0.25, 0.3) is 0 Å². The molecule has 0 spiro atoms. The topological polar surface area (TPSA) is 108 Å². The second-order valence-electron chi connectivity index (χ2n) is 3.73. The van der Waals surface area contributed by atoms with Crippen LogP contribution in [-0.2, 0) is 9.53 Å². The highest BCUT2D eigenvalue weighted by Gasteiger charge is 2.10. The Morgan fingerprint density at radius 1 is 1.21 bits per heavy atom. The normalized spacial score (nSPS) is 9.95. The number of carbonyl (C=O) groups excluding carboxylic acids is 2. The van der Waals surface area contributed by atoms with E-state index in [2.05, 4.69) is 10.6 Å². The second-order valence-corrected chi connectivity index (χ2v) is 3.73. The highest BCUT2D eigenvalue weighted by molar-refractivity contribution is 5.96. The maximum Gasteiger partial charge on any atom is 0.251 e. The molecule has 0 bridgehead atoms. The van der Waals surface area contributed by atoms with Crippen molar-refractivity contribution in [1.82, 2.24) is 10.6 Å². The van der Waals surface area contributed by atoms with Crippen molar-refractivity contribution in [2.75, 3.05) is 26.8 Å². The minimum Gasteiger partial charge on any atom is -0.504 e. The zero-order chi connectivity index (χ0) is 14.3. The molecule has 1 rings (SSSR count). The molecular formula is C12H16N2O5. The quantitative estimate of drug-likeness (QED) is 0.414. The van der Waals surface area contributed by atoms with Gasteiger partial charge in [-0.15, -0.1) is 0 Å². The molecule has 4 N–H and O–H groups in total. The number of hydrogen-bond acceptors (Lipinski definition) is 5. The van der Waals surface area contributed by atoms with Crippen molar-refractivity contribution in [2.24, 2.45) is 0 Å². The molecule has 0 saturated carbocycles. The summed E-state index contributed by atoms with van der Waals surface area (Å²) in [6, 6.07) is 3.66. The Kier molecular flexibility index (Phi) is 5.62. The van der Waals surface area contributed by atoms with Gasteiger partial charge in [-0.1, -0.05) is 0 Å². The van der Waals surface area contributed by atoms with E-state index in [1.807, 2.05) is 0 Å². The first-order valence-corrected chi connectivity index (χ1v) is 5.60. The van der Waals surface area contributed by atoms with Crippen molar-refractivity contribution in [2.45, 2.75) is 0 Å². The average molecular weight is 268 g/mol. The summed E-state index contributed by atoms with van der Waals surface area (Å²) in [4.78, 5) is 22.9. The van der Waals surface area contributed by atoms with Crippen LogP contribution in [0.2, 0.25) is 0 Å². The number of phenolic OH excluding ortho intramolecular Hbond substituents is 2. The lowest BCUT2D eigenvalue weighted by molar-refractivity contribution is -0.120. The van der Waals surface area contributed by atoms with Crippen LogP contribution in [0.3, 0.4) is 0 Å². The van der Waals surface area contributed by atoms with Gasteiger partial charge in [0.25, 0.3) is 5.91 Å². The molecule has 0 aliphatic carbocycles. The molecule has 0 aliphatic rings. The fraction of sp³-hybridized carbons (Fsp3) is 0.333. The first-order valence-electron chi connectivity index (χ1n) is 5.60. The summed E-state index contributed by atoms with van der Waals surface area (Å²) >= 11 is 0. The second kappa shape index (κ2) is 7.22. The van der Waals surface area contributed by atoms with E-state index in [4.69, 9.17) is 9.84 Å². The monoisotopic (exact) mass is 268 g/mol. The Morgan fingerprint density at radius 2 is 1.95 bits per heavy atom. The molecule has 0 aromatic heterocycles. The Balaban J connectivity index is 2.42. The number of benzene rings is 1. The van der Waals surface area contributed by atoms with E-state index in [0.29, 0.717) is 13.2 Å². The van der Waals surface area contributed by atoms with Gasteiger partial charge in [0, 0.05) is 19.2 Å². The van der Waals surface area contributed by atoms with Gasteiger partial charge in [-0.3, -0.25) is 9.59 Å². The first kappa shape index (κ1) is 14.8. The van der Waals surface area contributed by atoms with Gasteiger partial charge in [0.1, 0.15) is 0 Å². The molecule has 0 saturated heterocycles. The Morgan fingerprint density at radius 3 is 2.58 bits per heavy atom. The van der Waals surface area contributed by atoms with E-state index in [1.54, 1.807) is 0 Å². The number of phenols is 2. The van der Waals surface area contributed by atoms with Gasteiger partial charge in [-0.25, -0.2) is 0 Å². The molecule has 0 unspecified atom stereocenters. The zero-order valence-corrected chi connectivity index (χ0v) is 10.5. The molecule has 2 amide bonds. The third-order valence-electron chi connectivity index (χ3n) is 2.28. The molecule has 0 radical (unpaired) electrons. The van der Waals surface area contributed by atoms with Gasteiger partial charge in [-0.2, -0.15) is 0 Å². The third kappa shape index (κ3) is 4.84. The highest BCUT2D eigenvalue weighted by atomic mass is 16.5. The number of hydrogen-bond donors (Lipinski definition) is 4. The number of carbonyl (C=O) groups is 2. The minimum atomic E-state index is -0.516. The van der Waals surface area contributed by atoms with Crippen LogP contribution < -0.4 is 10.6 Å². The van der Waals surface area contributed by atoms with Crippen LogP contribution in [0.4, 0.5) is 0 Å². The van der Waals surface area contributed by atoms with Gasteiger partial charge < -0.3 is 25.6 Å². The summed E-state index contributed by atoms with van der Waals surface area (Å²) in [5.74, 6) is -1.56. The van der Waals surface area contributed by atoms with Crippen LogP contribution in [-0.4, -0.2) is 48.8 Å². The highest BCUT2D eigenvalue weighted by Crippen LogP contribution is 2.24. The summed E-state index contributed by atoms with van der Waals surface area (Å²) in [5.41, 5.74) is 0.153. The fourth-order valence-corrected chi connectivity index (χ4v) is 1.28. The summed E-state index contributed by atoms with van der Waals surface area (Å²) < 4.78 is 4.76. The summed E-state index contributed by atoms with van der Waals surface area (Å²) in [6.07, 6.45) is 0. The lowest BCUT2D eigenvalue weighted by atomic mass is 10.2. The van der Waals surface area contributed by atoms with Gasteiger partial charge in [0.05, 0.1) is 13.2 Å². The van der Waals surface area contributed by atoms with Crippen LogP contribution in [0.15, 0.2) is 18.2 Å². The maximum absolute atomic E-state index is 11.6. The van der Waals surface area contributed by atoms with E-state index in [0.717, 1.165) is 6.07 Å². The number of amides is 2. The van der Waals surface area contributed by atoms with Gasteiger partial charge in [0.15, 0.2) is 11.5 Å². The minimum absolute atomic E-state index is 0.153. The van der Waals surface area contributed by atoms with E-state index < -0.39 is 11.7 Å². The van der Waals surface area contributed by atoms with E-state index in [1.165, 1.54) is 19.2 Å². The lowest BCUT2D eigenvalue weighted by Gasteiger charge is -2.07. The first-order chi connectivity index (χ1) is 9.04. The molecule has 1 aromatic carbocycles. The number of methoxy groups -OCH3 is 1. The van der Waals surface area contributed by atoms with E-state index in [9.17, 15) is 14.7 Å². The number of ether oxygens (including phenoxy) is 1. The summed E-state index contributed by atoms with van der Waals surface area (Å²) in [7, 11) is 1.52. The van der Waals surface area contributed by atoms with Crippen molar-refractivity contribution in [3.63, 3.8) is 0 Å². The molecule has 104 valence electrons. The molecular weight excluding hydrogens is 252 g/mol. The molecule has 7 heteroatoms. The van der Waals surface area contributed by atoms with Gasteiger partial charge in [0.2, 0.25) is 5.91 Å². The van der Waals surface area contributed by atoms with Crippen molar-refractivity contribution >= 4 is 11.8 Å². The van der Waals surface area contributed by atoms with Crippen LogP contribution in [0.5, 0.6) is 11.5 Å². The Hall–Kier alpha value is -2.28. The summed E-state index contributed by atoms with van der Waals surface area (Å²) in [5, 5.41) is 23.3. The van der Waals surface area contributed by atoms with Crippen LogP contribution in [0.1, 0.15) is 10.4 Å². The predicted octanol–water partition coefficient (Wildman–Crippen LogP) is -0.410. The van der Waals surface area contributed by atoms with E-state index >= 15 is 0 Å². The predicted molar refractivity (Wildman–Crippen MR) is 67.0 cm³/mol. The Labute approximate surface area is 110 Å². The molecule has 0 fully saturated rings. The zero-order valence-electron chi connectivity index (χ0n) is 10.5.